The molecule has 1 heterocycles. The van der Waals surface area contributed by atoms with Crippen molar-refractivity contribution in [2.45, 2.75) is 70.9 Å². The van der Waals surface area contributed by atoms with Crippen LogP contribution in [0.4, 0.5) is 0 Å². The van der Waals surface area contributed by atoms with Crippen molar-refractivity contribution in [1.82, 2.24) is 5.32 Å². The molecular weight excluding hydrogens is 485 g/mol. The number of esters is 1. The molecule has 1 saturated heterocycles. The van der Waals surface area contributed by atoms with Gasteiger partial charge in [0.2, 0.25) is 5.91 Å². The molecule has 1 aliphatic heterocycles. The highest BCUT2D eigenvalue weighted by Gasteiger charge is 2.59. The molecule has 0 aromatic heterocycles. The van der Waals surface area contributed by atoms with Crippen molar-refractivity contribution in [2.24, 2.45) is 11.3 Å². The van der Waals surface area contributed by atoms with Gasteiger partial charge in [0.15, 0.2) is 6.10 Å². The predicted octanol–water partition coefficient (Wildman–Crippen LogP) is 6.52. The number of halogens is 2. The Hall–Kier alpha value is -2.24. The molecule has 2 aromatic rings. The third kappa shape index (κ3) is 4.77. The molecule has 1 amide bonds. The van der Waals surface area contributed by atoms with E-state index in [-0.39, 0.29) is 35.1 Å². The highest BCUT2D eigenvalue weighted by atomic mass is 35.5. The van der Waals surface area contributed by atoms with Crippen molar-refractivity contribution in [1.29, 1.82) is 0 Å². The lowest BCUT2D eigenvalue weighted by Crippen LogP contribution is -2.43. The van der Waals surface area contributed by atoms with Gasteiger partial charge in [0.1, 0.15) is 5.75 Å². The van der Waals surface area contributed by atoms with Gasteiger partial charge in [-0.15, -0.1) is 0 Å². The molecule has 188 valence electrons. The third-order valence-electron chi connectivity index (χ3n) is 7.90. The number of fused-ring (bicyclic) bond motifs is 1. The van der Waals surface area contributed by atoms with Gasteiger partial charge in [-0.05, 0) is 87.3 Å². The topological polar surface area (TPSA) is 64.6 Å². The average molecular weight is 518 g/mol. The molecule has 1 saturated carbocycles. The average Bonchev–Trinajstić information content (AvgIpc) is 3.09. The zero-order valence-corrected chi connectivity index (χ0v) is 22.2. The van der Waals surface area contributed by atoms with Gasteiger partial charge in [0.25, 0.3) is 0 Å². The lowest BCUT2D eigenvalue weighted by molar-refractivity contribution is -0.150. The monoisotopic (exact) mass is 517 g/mol. The van der Waals surface area contributed by atoms with Gasteiger partial charge in [0, 0.05) is 22.0 Å². The molecule has 0 radical (unpaired) electrons. The minimum absolute atomic E-state index is 0.0535. The normalized spacial score (nSPS) is 28.7. The predicted molar refractivity (Wildman–Crippen MR) is 138 cm³/mol. The van der Waals surface area contributed by atoms with E-state index in [1.165, 1.54) is 0 Å². The van der Waals surface area contributed by atoms with Gasteiger partial charge in [-0.2, -0.15) is 0 Å². The first-order valence-corrected chi connectivity index (χ1v) is 13.2. The summed E-state index contributed by atoms with van der Waals surface area (Å²) in [6.45, 7) is 7.96. The molecule has 35 heavy (non-hydrogen) atoms. The van der Waals surface area contributed by atoms with Gasteiger partial charge < -0.3 is 14.8 Å². The van der Waals surface area contributed by atoms with Gasteiger partial charge in [-0.1, -0.05) is 48.3 Å². The van der Waals surface area contributed by atoms with Crippen LogP contribution in [0.3, 0.4) is 0 Å². The van der Waals surface area contributed by atoms with Gasteiger partial charge in [-0.3, -0.25) is 4.79 Å². The maximum absolute atomic E-state index is 13.1. The number of hydrogen-bond acceptors (Lipinski definition) is 4. The Balaban J connectivity index is 1.71. The molecule has 1 N–H and O–H groups in total. The van der Waals surface area contributed by atoms with Crippen LogP contribution in [0, 0.1) is 11.3 Å². The van der Waals surface area contributed by atoms with Crippen molar-refractivity contribution in [2.75, 3.05) is 6.61 Å². The molecule has 2 aliphatic rings. The number of rotatable bonds is 7. The summed E-state index contributed by atoms with van der Waals surface area (Å²) in [6.07, 6.45) is 1.73. The Labute approximate surface area is 217 Å². The summed E-state index contributed by atoms with van der Waals surface area (Å²) < 4.78 is 10.8. The van der Waals surface area contributed by atoms with Crippen molar-refractivity contribution in [3.8, 4) is 5.75 Å². The SMILES string of the molecule is CCOC(=O)[C@@H](C)Oc1ccc([C@@H]2CC[C@@]3(CC)C(=O)N[C@H](C)[C@H]3[C@H]2c2ccc(Cl)cc2)c(Cl)c1. The van der Waals surface area contributed by atoms with Crippen molar-refractivity contribution in [3.05, 3.63) is 63.6 Å². The lowest BCUT2D eigenvalue weighted by atomic mass is 9.54. The molecule has 4 rings (SSSR count). The summed E-state index contributed by atoms with van der Waals surface area (Å²) in [6, 6.07) is 13.7. The molecule has 0 unspecified atom stereocenters. The largest absolute Gasteiger partial charge is 0.479 e. The zero-order valence-electron chi connectivity index (χ0n) is 20.6. The van der Waals surface area contributed by atoms with E-state index in [4.69, 9.17) is 32.7 Å². The Morgan fingerprint density at radius 1 is 1.17 bits per heavy atom. The first-order chi connectivity index (χ1) is 16.7. The molecular formula is C28H33Cl2NO4. The Morgan fingerprint density at radius 2 is 1.89 bits per heavy atom. The summed E-state index contributed by atoms with van der Waals surface area (Å²) in [4.78, 5) is 25.1. The Kier molecular flexibility index (Phi) is 7.68. The summed E-state index contributed by atoms with van der Waals surface area (Å²) in [5, 5.41) is 4.52. The fraction of sp³-hybridized carbons (Fsp3) is 0.500. The highest BCUT2D eigenvalue weighted by molar-refractivity contribution is 6.31. The number of hydrogen-bond donors (Lipinski definition) is 1. The Bertz CT molecular complexity index is 1090. The molecule has 2 fully saturated rings. The van der Waals surface area contributed by atoms with Crippen molar-refractivity contribution in [3.63, 3.8) is 0 Å². The van der Waals surface area contributed by atoms with Crippen LogP contribution in [0.2, 0.25) is 10.0 Å². The first kappa shape index (κ1) is 25.8. The van der Waals surface area contributed by atoms with Crippen LogP contribution in [0.1, 0.15) is 69.9 Å². The van der Waals surface area contributed by atoms with E-state index < -0.39 is 12.1 Å². The van der Waals surface area contributed by atoms with Gasteiger partial charge in [0.05, 0.1) is 12.0 Å². The van der Waals surface area contributed by atoms with E-state index in [0.29, 0.717) is 22.4 Å². The van der Waals surface area contributed by atoms with Crippen LogP contribution in [0.25, 0.3) is 0 Å². The van der Waals surface area contributed by atoms with Gasteiger partial charge >= 0.3 is 5.97 Å². The third-order valence-corrected chi connectivity index (χ3v) is 8.48. The number of nitrogens with one attached hydrogen (secondary N) is 1. The van der Waals surface area contributed by atoms with Crippen LogP contribution in [-0.4, -0.2) is 30.6 Å². The van der Waals surface area contributed by atoms with Crippen LogP contribution in [0.15, 0.2) is 42.5 Å². The van der Waals surface area contributed by atoms with E-state index in [9.17, 15) is 9.59 Å². The van der Waals surface area contributed by atoms with E-state index in [1.54, 1.807) is 19.9 Å². The quantitative estimate of drug-likeness (QED) is 0.424. The van der Waals surface area contributed by atoms with E-state index in [2.05, 4.69) is 31.3 Å². The molecule has 7 heteroatoms. The summed E-state index contributed by atoms with van der Waals surface area (Å²) in [5.74, 6) is 0.629. The zero-order chi connectivity index (χ0) is 25.3. The first-order valence-electron chi connectivity index (χ1n) is 12.4. The van der Waals surface area contributed by atoms with E-state index in [0.717, 1.165) is 30.4 Å². The van der Waals surface area contributed by atoms with Crippen LogP contribution in [-0.2, 0) is 14.3 Å². The molecule has 5 nitrogen and oxygen atoms in total. The number of benzene rings is 2. The Morgan fingerprint density at radius 3 is 2.51 bits per heavy atom. The van der Waals surface area contributed by atoms with Crippen molar-refractivity contribution < 1.29 is 19.1 Å². The fourth-order valence-corrected chi connectivity index (χ4v) is 6.73. The molecule has 6 atom stereocenters. The maximum Gasteiger partial charge on any atom is 0.347 e. The van der Waals surface area contributed by atoms with Gasteiger partial charge in [-0.25, -0.2) is 4.79 Å². The second-order valence-electron chi connectivity index (χ2n) is 9.72. The summed E-state index contributed by atoms with van der Waals surface area (Å²) in [7, 11) is 0. The van der Waals surface area contributed by atoms with E-state index in [1.807, 2.05) is 24.3 Å². The number of carbonyl (C=O) groups excluding carboxylic acids is 2. The number of ether oxygens (including phenoxy) is 2. The molecule has 0 spiro atoms. The smallest absolute Gasteiger partial charge is 0.347 e. The van der Waals surface area contributed by atoms with Crippen molar-refractivity contribution >= 4 is 35.1 Å². The highest BCUT2D eigenvalue weighted by Crippen LogP contribution is 2.60. The summed E-state index contributed by atoms with van der Waals surface area (Å²) in [5.41, 5.74) is 1.81. The number of carbonyl (C=O) groups is 2. The minimum Gasteiger partial charge on any atom is -0.479 e. The van der Waals surface area contributed by atoms with Crippen LogP contribution < -0.4 is 10.1 Å². The minimum atomic E-state index is -0.727. The summed E-state index contributed by atoms with van der Waals surface area (Å²) >= 11 is 13.1. The van der Waals surface area contributed by atoms with E-state index >= 15 is 0 Å². The van der Waals surface area contributed by atoms with Crippen LogP contribution >= 0.6 is 23.2 Å². The van der Waals surface area contributed by atoms with Crippen LogP contribution in [0.5, 0.6) is 5.75 Å². The maximum atomic E-state index is 13.1. The molecule has 0 bridgehead atoms. The second-order valence-corrected chi connectivity index (χ2v) is 10.6. The second kappa shape index (κ2) is 10.4. The lowest BCUT2D eigenvalue weighted by Gasteiger charge is -2.47. The fourth-order valence-electron chi connectivity index (χ4n) is 6.29. The molecule has 1 aliphatic carbocycles. The standard InChI is InChI=1S/C28H33Cl2NO4/c1-5-28-14-13-22(21-12-11-20(15-23(21)30)35-17(4)26(32)34-6-2)24(18-7-9-19(29)10-8-18)25(28)16(3)31-27(28)33/h7-12,15-17,22,24-25H,5-6,13-14H2,1-4H3,(H,31,33)/t16-,17-,22+,24+,25+,28-/m1/s1. The number of amides is 1. The molecule has 2 aromatic carbocycles.